The van der Waals surface area contributed by atoms with Gasteiger partial charge in [-0.1, -0.05) is 18.2 Å². The highest BCUT2D eigenvalue weighted by molar-refractivity contribution is 6.02. The molecule has 0 bridgehead atoms. The highest BCUT2D eigenvalue weighted by Gasteiger charge is 2.53. The van der Waals surface area contributed by atoms with Gasteiger partial charge in [0.05, 0.1) is 12.3 Å². The second-order valence-electron chi connectivity index (χ2n) is 7.60. The lowest BCUT2D eigenvalue weighted by Crippen LogP contribution is -2.69. The summed E-state index contributed by atoms with van der Waals surface area (Å²) in [6, 6.07) is 13.2. The molecule has 2 N–H and O–H groups in total. The number of hydrogen-bond acceptors (Lipinski definition) is 5. The van der Waals surface area contributed by atoms with Gasteiger partial charge in [0.1, 0.15) is 12.1 Å². The van der Waals surface area contributed by atoms with Crippen molar-refractivity contribution in [2.45, 2.75) is 24.5 Å². The third kappa shape index (κ3) is 3.14. The molecular formula is C22H21FN4O3. The second kappa shape index (κ2) is 7.55. The number of hydrogen-bond donors (Lipinski definition) is 2. The first-order valence-electron chi connectivity index (χ1n) is 9.82. The largest absolute Gasteiger partial charge is 0.451 e. The number of aliphatic hydroxyl groups excluding tert-OH is 1. The maximum atomic E-state index is 13.2. The summed E-state index contributed by atoms with van der Waals surface area (Å²) in [5.41, 5.74) is 3.19. The first kappa shape index (κ1) is 18.8. The van der Waals surface area contributed by atoms with Crippen LogP contribution in [0.3, 0.4) is 0 Å². The lowest BCUT2D eigenvalue weighted by Gasteiger charge is -2.58. The molecule has 0 saturated carbocycles. The van der Waals surface area contributed by atoms with E-state index in [1.807, 2.05) is 24.3 Å². The van der Waals surface area contributed by atoms with Gasteiger partial charge in [-0.05, 0) is 35.9 Å². The molecule has 0 radical (unpaired) electrons. The Bertz CT molecular complexity index is 1040. The Hall–Kier alpha value is -3.23. The summed E-state index contributed by atoms with van der Waals surface area (Å²) in [6.45, 7) is 1.04. The summed E-state index contributed by atoms with van der Waals surface area (Å²) in [4.78, 5) is 21.2. The standard InChI is InChI=1S/C22H21FN4O3/c23-14-5-7-15(8-6-14)25-22(29)27-10-19-21(17-3-1-2-4-18(17)27)20(11-28)26(19)9-16-12-30-13-24-16/h1-8,12-13,19-21,28H,9-11H2,(H,25,29)/t19-,20+,21+/m1/s1. The second-order valence-corrected chi connectivity index (χ2v) is 7.60. The van der Waals surface area contributed by atoms with Crippen molar-refractivity contribution in [3.8, 4) is 0 Å². The quantitative estimate of drug-likeness (QED) is 0.693. The summed E-state index contributed by atoms with van der Waals surface area (Å²) >= 11 is 0. The summed E-state index contributed by atoms with van der Waals surface area (Å²) in [7, 11) is 0. The van der Waals surface area contributed by atoms with Gasteiger partial charge in [-0.25, -0.2) is 14.2 Å². The average Bonchev–Trinajstić information content (AvgIpc) is 3.27. The number of aromatic nitrogens is 1. The van der Waals surface area contributed by atoms with Gasteiger partial charge in [0, 0.05) is 42.5 Å². The van der Waals surface area contributed by atoms with Gasteiger partial charge in [0.15, 0.2) is 6.39 Å². The van der Waals surface area contributed by atoms with Gasteiger partial charge in [-0.3, -0.25) is 9.80 Å². The molecule has 0 unspecified atom stereocenters. The van der Waals surface area contributed by atoms with Crippen LogP contribution in [-0.2, 0) is 6.54 Å². The molecule has 2 aliphatic rings. The maximum Gasteiger partial charge on any atom is 0.326 e. The van der Waals surface area contributed by atoms with E-state index in [1.165, 1.54) is 30.7 Å². The van der Waals surface area contributed by atoms with Crippen LogP contribution >= 0.6 is 0 Å². The van der Waals surface area contributed by atoms with Gasteiger partial charge < -0.3 is 14.8 Å². The van der Waals surface area contributed by atoms with Crippen LogP contribution in [0.25, 0.3) is 0 Å². The number of anilines is 2. The third-order valence-electron chi connectivity index (χ3n) is 5.99. The molecular weight excluding hydrogens is 387 g/mol. The Kier molecular flexibility index (Phi) is 4.72. The number of halogens is 1. The first-order valence-corrected chi connectivity index (χ1v) is 9.82. The number of likely N-dealkylation sites (tertiary alicyclic amines) is 1. The zero-order valence-corrected chi connectivity index (χ0v) is 16.1. The predicted octanol–water partition coefficient (Wildman–Crippen LogP) is 3.19. The van der Waals surface area contributed by atoms with Gasteiger partial charge >= 0.3 is 6.03 Å². The van der Waals surface area contributed by atoms with Crippen LogP contribution in [0.4, 0.5) is 20.6 Å². The van der Waals surface area contributed by atoms with E-state index in [1.54, 1.807) is 11.2 Å². The van der Waals surface area contributed by atoms with Crippen LogP contribution in [0, 0.1) is 5.82 Å². The molecule has 2 aromatic carbocycles. The minimum atomic E-state index is -0.354. The molecule has 7 nitrogen and oxygen atoms in total. The molecule has 2 amide bonds. The fourth-order valence-corrected chi connectivity index (χ4v) is 4.62. The van der Waals surface area contributed by atoms with E-state index in [9.17, 15) is 14.3 Å². The lowest BCUT2D eigenvalue weighted by molar-refractivity contribution is -0.0492. The molecule has 0 aliphatic carbocycles. The topological polar surface area (TPSA) is 81.8 Å². The number of carbonyl (C=O) groups is 1. The molecule has 30 heavy (non-hydrogen) atoms. The molecule has 154 valence electrons. The number of amides is 2. The van der Waals surface area contributed by atoms with Crippen LogP contribution in [0.5, 0.6) is 0 Å². The SMILES string of the molecule is O=C(Nc1ccc(F)cc1)N1C[C@@H]2[C@H](c3ccccc31)[C@H](CO)N2Cc1cocn1. The fraction of sp³-hybridized carbons (Fsp3) is 0.273. The maximum absolute atomic E-state index is 13.2. The van der Waals surface area contributed by atoms with Crippen LogP contribution in [0.2, 0.25) is 0 Å². The smallest absolute Gasteiger partial charge is 0.326 e. The molecule has 3 aromatic rings. The molecule has 8 heteroatoms. The van der Waals surface area contributed by atoms with Crippen LogP contribution < -0.4 is 10.2 Å². The van der Waals surface area contributed by atoms with Crippen molar-refractivity contribution >= 4 is 17.4 Å². The lowest BCUT2D eigenvalue weighted by atomic mass is 9.72. The molecule has 1 saturated heterocycles. The van der Waals surface area contributed by atoms with Crippen LogP contribution in [0.15, 0.2) is 65.6 Å². The van der Waals surface area contributed by atoms with Crippen molar-refractivity contribution in [2.75, 3.05) is 23.4 Å². The van der Waals surface area contributed by atoms with Gasteiger partial charge in [0.2, 0.25) is 0 Å². The number of nitrogens with zero attached hydrogens (tertiary/aromatic N) is 3. The number of carbonyl (C=O) groups excluding carboxylic acids is 1. The summed E-state index contributed by atoms with van der Waals surface area (Å²) < 4.78 is 18.3. The van der Waals surface area contributed by atoms with E-state index in [0.29, 0.717) is 18.8 Å². The fourth-order valence-electron chi connectivity index (χ4n) is 4.62. The summed E-state index contributed by atoms with van der Waals surface area (Å²) in [5, 5.41) is 12.9. The highest BCUT2D eigenvalue weighted by atomic mass is 19.1. The van der Waals surface area contributed by atoms with E-state index < -0.39 is 0 Å². The molecule has 3 atom stereocenters. The number of fused-ring (bicyclic) bond motifs is 3. The number of urea groups is 1. The van der Waals surface area contributed by atoms with E-state index in [4.69, 9.17) is 4.42 Å². The van der Waals surface area contributed by atoms with Gasteiger partial charge in [-0.2, -0.15) is 0 Å². The summed E-state index contributed by atoms with van der Waals surface area (Å²) in [6.07, 6.45) is 2.98. The first-order chi connectivity index (χ1) is 14.7. The van der Waals surface area contributed by atoms with Crippen LogP contribution in [-0.4, -0.2) is 46.3 Å². The van der Waals surface area contributed by atoms with Gasteiger partial charge in [0.25, 0.3) is 0 Å². The minimum absolute atomic E-state index is 0.0229. The monoisotopic (exact) mass is 408 g/mol. The average molecular weight is 408 g/mol. The van der Waals surface area contributed by atoms with Crippen molar-refractivity contribution in [3.63, 3.8) is 0 Å². The molecule has 0 spiro atoms. The predicted molar refractivity (Wildman–Crippen MR) is 109 cm³/mol. The van der Waals surface area contributed by atoms with E-state index in [2.05, 4.69) is 15.2 Å². The van der Waals surface area contributed by atoms with Crippen molar-refractivity contribution in [2.24, 2.45) is 0 Å². The Morgan fingerprint density at radius 1 is 1.23 bits per heavy atom. The number of aliphatic hydroxyl groups is 1. The van der Waals surface area contributed by atoms with E-state index in [0.717, 1.165) is 16.9 Å². The Morgan fingerprint density at radius 3 is 2.77 bits per heavy atom. The number of nitrogens with one attached hydrogen (secondary N) is 1. The van der Waals surface area contributed by atoms with Crippen LogP contribution in [0.1, 0.15) is 17.2 Å². The van der Waals surface area contributed by atoms with E-state index in [-0.39, 0.29) is 36.5 Å². The zero-order chi connectivity index (χ0) is 20.7. The zero-order valence-electron chi connectivity index (χ0n) is 16.1. The minimum Gasteiger partial charge on any atom is -0.451 e. The molecule has 1 aromatic heterocycles. The Balaban J connectivity index is 1.43. The highest BCUT2D eigenvalue weighted by Crippen LogP contribution is 2.48. The molecule has 1 fully saturated rings. The normalized spacial score (nSPS) is 22.7. The summed E-state index contributed by atoms with van der Waals surface area (Å²) in [5.74, 6) is -0.222. The Labute approximate surface area is 172 Å². The number of benzene rings is 2. The van der Waals surface area contributed by atoms with Crippen molar-refractivity contribution in [3.05, 3.63) is 78.3 Å². The third-order valence-corrected chi connectivity index (χ3v) is 5.99. The van der Waals surface area contributed by atoms with Crippen molar-refractivity contribution in [1.82, 2.24) is 9.88 Å². The van der Waals surface area contributed by atoms with E-state index >= 15 is 0 Å². The van der Waals surface area contributed by atoms with Crippen molar-refractivity contribution in [1.29, 1.82) is 0 Å². The Morgan fingerprint density at radius 2 is 2.03 bits per heavy atom. The van der Waals surface area contributed by atoms with Gasteiger partial charge in [-0.15, -0.1) is 0 Å². The van der Waals surface area contributed by atoms with Crippen molar-refractivity contribution < 1.29 is 18.7 Å². The number of rotatable bonds is 4. The number of para-hydroxylation sites is 1. The molecule has 2 aliphatic heterocycles. The molecule has 5 rings (SSSR count). The molecule has 3 heterocycles. The number of oxazole rings is 1.